The van der Waals surface area contributed by atoms with Gasteiger partial charge in [-0.2, -0.15) is 0 Å². The highest BCUT2D eigenvalue weighted by Crippen LogP contribution is 2.20. The number of nitrogens with zero attached hydrogens (tertiary/aromatic N) is 1. The van der Waals surface area contributed by atoms with Crippen molar-refractivity contribution in [1.29, 1.82) is 0 Å². The molecule has 0 aromatic carbocycles. The molecule has 0 radical (unpaired) electrons. The van der Waals surface area contributed by atoms with Gasteiger partial charge in [0.15, 0.2) is 0 Å². The fraction of sp³-hybridized carbons (Fsp3) is 0.700. The first-order valence-corrected chi connectivity index (χ1v) is 6.00. The van der Waals surface area contributed by atoms with Crippen LogP contribution in [0, 0.1) is 5.92 Å². The Hall–Kier alpha value is -0.450. The van der Waals surface area contributed by atoms with Crippen molar-refractivity contribution in [2.75, 3.05) is 13.1 Å². The van der Waals surface area contributed by atoms with Crippen LogP contribution in [0.25, 0.3) is 0 Å². The van der Waals surface area contributed by atoms with Gasteiger partial charge < -0.3 is 10.4 Å². The Morgan fingerprint density at radius 2 is 2.36 bits per heavy atom. The molecule has 1 aliphatic heterocycles. The minimum atomic E-state index is -0.183. The Labute approximate surface area is 88.2 Å². The van der Waals surface area contributed by atoms with E-state index in [1.165, 1.54) is 4.88 Å². The minimum Gasteiger partial charge on any atom is -0.392 e. The SMILES string of the molecule is OC(Cc1cncs1)C1CCNCC1. The van der Waals surface area contributed by atoms with E-state index in [1.54, 1.807) is 11.3 Å². The van der Waals surface area contributed by atoms with Gasteiger partial charge in [-0.1, -0.05) is 0 Å². The molecule has 1 atom stereocenters. The fourth-order valence-corrected chi connectivity index (χ4v) is 2.59. The number of hydrogen-bond donors (Lipinski definition) is 2. The van der Waals surface area contributed by atoms with Crippen LogP contribution in [0.15, 0.2) is 11.7 Å². The van der Waals surface area contributed by atoms with Crippen LogP contribution < -0.4 is 5.32 Å². The molecule has 14 heavy (non-hydrogen) atoms. The van der Waals surface area contributed by atoms with Gasteiger partial charge in [-0.3, -0.25) is 4.98 Å². The molecule has 1 fully saturated rings. The van der Waals surface area contributed by atoms with E-state index in [0.29, 0.717) is 5.92 Å². The van der Waals surface area contributed by atoms with Crippen molar-refractivity contribution in [3.63, 3.8) is 0 Å². The van der Waals surface area contributed by atoms with Gasteiger partial charge in [0, 0.05) is 17.5 Å². The van der Waals surface area contributed by atoms with Crippen molar-refractivity contribution in [3.8, 4) is 0 Å². The smallest absolute Gasteiger partial charge is 0.0794 e. The summed E-state index contributed by atoms with van der Waals surface area (Å²) in [5.41, 5.74) is 1.82. The summed E-state index contributed by atoms with van der Waals surface area (Å²) in [5.74, 6) is 0.471. The van der Waals surface area contributed by atoms with E-state index in [0.717, 1.165) is 32.4 Å². The largest absolute Gasteiger partial charge is 0.392 e. The molecule has 0 amide bonds. The van der Waals surface area contributed by atoms with Crippen LogP contribution in [0.4, 0.5) is 0 Å². The fourth-order valence-electron chi connectivity index (χ4n) is 1.94. The Morgan fingerprint density at radius 1 is 1.57 bits per heavy atom. The van der Waals surface area contributed by atoms with Crippen LogP contribution in [-0.4, -0.2) is 29.3 Å². The van der Waals surface area contributed by atoms with E-state index >= 15 is 0 Å². The van der Waals surface area contributed by atoms with Crippen molar-refractivity contribution < 1.29 is 5.11 Å². The zero-order valence-corrected chi connectivity index (χ0v) is 8.96. The summed E-state index contributed by atoms with van der Waals surface area (Å²) in [7, 11) is 0. The Balaban J connectivity index is 1.85. The van der Waals surface area contributed by atoms with E-state index in [9.17, 15) is 5.11 Å². The molecule has 2 heterocycles. The van der Waals surface area contributed by atoms with E-state index in [-0.39, 0.29) is 6.10 Å². The summed E-state index contributed by atoms with van der Waals surface area (Å²) >= 11 is 1.63. The molecule has 1 unspecified atom stereocenters. The van der Waals surface area contributed by atoms with E-state index in [2.05, 4.69) is 10.3 Å². The Kier molecular flexibility index (Phi) is 3.50. The lowest BCUT2D eigenvalue weighted by molar-refractivity contribution is 0.0897. The van der Waals surface area contributed by atoms with Gasteiger partial charge in [0.1, 0.15) is 0 Å². The van der Waals surface area contributed by atoms with Crippen LogP contribution >= 0.6 is 11.3 Å². The lowest BCUT2D eigenvalue weighted by Gasteiger charge is -2.26. The molecule has 0 aliphatic carbocycles. The number of hydrogen-bond acceptors (Lipinski definition) is 4. The summed E-state index contributed by atoms with van der Waals surface area (Å²) in [6.07, 6.45) is 4.64. The van der Waals surface area contributed by atoms with Crippen molar-refractivity contribution in [3.05, 3.63) is 16.6 Å². The van der Waals surface area contributed by atoms with Gasteiger partial charge in [0.25, 0.3) is 0 Å². The third-order valence-corrected chi connectivity index (χ3v) is 3.62. The second-order valence-electron chi connectivity index (χ2n) is 3.83. The predicted molar refractivity (Wildman–Crippen MR) is 57.4 cm³/mol. The van der Waals surface area contributed by atoms with E-state index < -0.39 is 0 Å². The molecule has 1 saturated heterocycles. The first kappa shape index (κ1) is 10.1. The molecule has 0 saturated carbocycles. The van der Waals surface area contributed by atoms with Crippen LogP contribution in [0.1, 0.15) is 17.7 Å². The lowest BCUT2D eigenvalue weighted by atomic mass is 9.90. The molecular weight excluding hydrogens is 196 g/mol. The van der Waals surface area contributed by atoms with Gasteiger partial charge in [0.05, 0.1) is 11.6 Å². The van der Waals surface area contributed by atoms with Gasteiger partial charge in [-0.05, 0) is 31.8 Å². The van der Waals surface area contributed by atoms with Crippen molar-refractivity contribution in [1.82, 2.24) is 10.3 Å². The summed E-state index contributed by atoms with van der Waals surface area (Å²) in [6.45, 7) is 2.09. The molecule has 1 aromatic heterocycles. The molecular formula is C10H16N2OS. The maximum absolute atomic E-state index is 10.00. The molecule has 0 spiro atoms. The molecule has 4 heteroatoms. The average molecular weight is 212 g/mol. The highest BCUT2D eigenvalue weighted by atomic mass is 32.1. The maximum Gasteiger partial charge on any atom is 0.0794 e. The zero-order chi connectivity index (χ0) is 9.80. The molecule has 2 N–H and O–H groups in total. The number of aliphatic hydroxyl groups excluding tert-OH is 1. The third-order valence-electron chi connectivity index (χ3n) is 2.82. The van der Waals surface area contributed by atoms with Crippen LogP contribution in [0.5, 0.6) is 0 Å². The number of aliphatic hydroxyl groups is 1. The zero-order valence-electron chi connectivity index (χ0n) is 8.15. The summed E-state index contributed by atoms with van der Waals surface area (Å²) < 4.78 is 0. The second kappa shape index (κ2) is 4.87. The number of nitrogens with one attached hydrogen (secondary N) is 1. The minimum absolute atomic E-state index is 0.183. The first-order valence-electron chi connectivity index (χ1n) is 5.12. The third kappa shape index (κ3) is 2.53. The highest BCUT2D eigenvalue weighted by Gasteiger charge is 2.21. The quantitative estimate of drug-likeness (QED) is 0.787. The van der Waals surface area contributed by atoms with Crippen molar-refractivity contribution >= 4 is 11.3 Å². The van der Waals surface area contributed by atoms with Gasteiger partial charge in [-0.15, -0.1) is 11.3 Å². The average Bonchev–Trinajstić information content (AvgIpc) is 2.72. The Morgan fingerprint density at radius 3 is 3.00 bits per heavy atom. The Bertz CT molecular complexity index is 257. The van der Waals surface area contributed by atoms with Crippen LogP contribution in [0.2, 0.25) is 0 Å². The van der Waals surface area contributed by atoms with E-state index in [4.69, 9.17) is 0 Å². The van der Waals surface area contributed by atoms with Gasteiger partial charge in [-0.25, -0.2) is 0 Å². The van der Waals surface area contributed by atoms with Crippen molar-refractivity contribution in [2.24, 2.45) is 5.92 Å². The number of piperidine rings is 1. The first-order chi connectivity index (χ1) is 6.86. The second-order valence-corrected chi connectivity index (χ2v) is 4.80. The molecule has 1 aromatic rings. The molecule has 3 nitrogen and oxygen atoms in total. The maximum atomic E-state index is 10.00. The summed E-state index contributed by atoms with van der Waals surface area (Å²) in [4.78, 5) is 5.21. The molecule has 0 bridgehead atoms. The van der Waals surface area contributed by atoms with Gasteiger partial charge in [0.2, 0.25) is 0 Å². The van der Waals surface area contributed by atoms with Crippen LogP contribution in [-0.2, 0) is 6.42 Å². The highest BCUT2D eigenvalue weighted by molar-refractivity contribution is 7.09. The summed E-state index contributed by atoms with van der Waals surface area (Å²) in [6, 6.07) is 0. The molecule has 1 aliphatic rings. The van der Waals surface area contributed by atoms with Crippen molar-refractivity contribution in [2.45, 2.75) is 25.4 Å². The monoisotopic (exact) mass is 212 g/mol. The molecule has 78 valence electrons. The number of aromatic nitrogens is 1. The normalized spacial score (nSPS) is 20.9. The predicted octanol–water partition coefficient (Wildman–Crippen LogP) is 1.05. The topological polar surface area (TPSA) is 45.2 Å². The van der Waals surface area contributed by atoms with Crippen LogP contribution in [0.3, 0.4) is 0 Å². The standard InChI is InChI=1S/C10H16N2OS/c13-10(5-9-6-12-7-14-9)8-1-3-11-4-2-8/h6-8,10-11,13H,1-5H2. The number of rotatable bonds is 3. The van der Waals surface area contributed by atoms with E-state index in [1.807, 2.05) is 11.7 Å². The number of thiazole rings is 1. The van der Waals surface area contributed by atoms with Gasteiger partial charge >= 0.3 is 0 Å². The molecule has 2 rings (SSSR count). The lowest BCUT2D eigenvalue weighted by Crippen LogP contribution is -2.34. The summed E-state index contributed by atoms with van der Waals surface area (Å²) in [5, 5.41) is 13.3.